The molecular weight excluding hydrogens is 174 g/mol. The van der Waals surface area contributed by atoms with Crippen molar-refractivity contribution in [1.82, 2.24) is 4.90 Å². The minimum Gasteiger partial charge on any atom is -0.512 e. The first-order valence-electron chi connectivity index (χ1n) is 3.89. The maximum absolute atomic E-state index is 9.01. The highest BCUT2D eigenvalue weighted by atomic mass is 32.1. The Balaban J connectivity index is 4.04. The van der Waals surface area contributed by atoms with Crippen molar-refractivity contribution in [1.29, 1.82) is 0 Å². The first-order chi connectivity index (χ1) is 5.61. The van der Waals surface area contributed by atoms with Crippen molar-refractivity contribution < 1.29 is 10.2 Å². The summed E-state index contributed by atoms with van der Waals surface area (Å²) in [7, 11) is 0. The fourth-order valence-electron chi connectivity index (χ4n) is 0.854. The van der Waals surface area contributed by atoms with Gasteiger partial charge in [-0.25, -0.2) is 0 Å². The summed E-state index contributed by atoms with van der Waals surface area (Å²) in [6.45, 7) is 4.92. The molecule has 0 saturated carbocycles. The zero-order valence-corrected chi connectivity index (χ0v) is 8.27. The fourth-order valence-corrected chi connectivity index (χ4v) is 1.01. The van der Waals surface area contributed by atoms with Gasteiger partial charge in [0.15, 0.2) is 0 Å². The third-order valence-electron chi connectivity index (χ3n) is 1.44. The van der Waals surface area contributed by atoms with Crippen molar-refractivity contribution in [2.75, 3.05) is 13.1 Å². The molecule has 0 amide bonds. The van der Waals surface area contributed by atoms with Gasteiger partial charge in [0.25, 0.3) is 0 Å². The van der Waals surface area contributed by atoms with Crippen LogP contribution >= 0.6 is 12.2 Å². The summed E-state index contributed by atoms with van der Waals surface area (Å²) < 4.78 is 0. The van der Waals surface area contributed by atoms with Crippen molar-refractivity contribution in [3.63, 3.8) is 0 Å². The Morgan fingerprint density at radius 2 is 2.17 bits per heavy atom. The van der Waals surface area contributed by atoms with Gasteiger partial charge in [0.1, 0.15) is 12.0 Å². The van der Waals surface area contributed by atoms with Gasteiger partial charge in [0.2, 0.25) is 0 Å². The Labute approximate surface area is 78.3 Å². The van der Waals surface area contributed by atoms with Crippen LogP contribution in [0, 0.1) is 0 Å². The molecule has 0 aromatic carbocycles. The third-order valence-corrected chi connectivity index (χ3v) is 1.70. The summed E-state index contributed by atoms with van der Waals surface area (Å²) in [5.74, 6) is -0.0624. The van der Waals surface area contributed by atoms with Gasteiger partial charge in [0, 0.05) is 6.54 Å². The number of aliphatic hydroxyl groups is 2. The van der Waals surface area contributed by atoms with Gasteiger partial charge < -0.3 is 15.1 Å². The molecule has 0 heterocycles. The van der Waals surface area contributed by atoms with Crippen molar-refractivity contribution in [3.8, 4) is 0 Å². The van der Waals surface area contributed by atoms with E-state index in [1.807, 2.05) is 11.8 Å². The topological polar surface area (TPSA) is 43.7 Å². The Kier molecular flexibility index (Phi) is 5.45. The van der Waals surface area contributed by atoms with E-state index in [0.29, 0.717) is 12.8 Å². The van der Waals surface area contributed by atoms with Gasteiger partial charge in [-0.15, -0.1) is 0 Å². The van der Waals surface area contributed by atoms with E-state index in [4.69, 9.17) is 22.4 Å². The standard InChI is InChI=1S/C8H15NO2S/c1-3-4-9(7(2)12)5-8(11)6-10/h6,10-11H,3-5H2,1-2H3. The number of rotatable bonds is 4. The van der Waals surface area contributed by atoms with E-state index < -0.39 is 0 Å². The first-order valence-corrected chi connectivity index (χ1v) is 4.30. The monoisotopic (exact) mass is 189 g/mol. The average molecular weight is 189 g/mol. The Morgan fingerprint density at radius 3 is 2.50 bits per heavy atom. The molecule has 0 aliphatic rings. The van der Waals surface area contributed by atoms with Crippen LogP contribution in [0.1, 0.15) is 20.3 Å². The second-order valence-corrected chi connectivity index (χ2v) is 3.15. The van der Waals surface area contributed by atoms with E-state index >= 15 is 0 Å². The second-order valence-electron chi connectivity index (χ2n) is 2.56. The van der Waals surface area contributed by atoms with Crippen LogP contribution in [-0.2, 0) is 0 Å². The molecular formula is C8H15NO2S. The molecule has 0 rings (SSSR count). The highest BCUT2D eigenvalue weighted by molar-refractivity contribution is 7.80. The zero-order chi connectivity index (χ0) is 9.56. The lowest BCUT2D eigenvalue weighted by molar-refractivity contribution is 0.306. The quantitative estimate of drug-likeness (QED) is 0.524. The van der Waals surface area contributed by atoms with Gasteiger partial charge >= 0.3 is 0 Å². The molecule has 2 N–H and O–H groups in total. The summed E-state index contributed by atoms with van der Waals surface area (Å²) in [4.78, 5) is 2.56. The van der Waals surface area contributed by atoms with E-state index in [1.54, 1.807) is 6.92 Å². The Bertz CT molecular complexity index is 180. The Hall–Kier alpha value is -0.770. The molecule has 70 valence electrons. The zero-order valence-electron chi connectivity index (χ0n) is 7.45. The van der Waals surface area contributed by atoms with Crippen molar-refractivity contribution in [2.24, 2.45) is 0 Å². The smallest absolute Gasteiger partial charge is 0.146 e. The minimum absolute atomic E-state index is 0.0624. The molecule has 0 bridgehead atoms. The van der Waals surface area contributed by atoms with Crippen LogP contribution in [0.15, 0.2) is 12.0 Å². The summed E-state index contributed by atoms with van der Waals surface area (Å²) in [5.41, 5.74) is 0. The van der Waals surface area contributed by atoms with E-state index in [0.717, 1.165) is 18.0 Å². The highest BCUT2D eigenvalue weighted by Crippen LogP contribution is 1.98. The molecule has 0 spiro atoms. The normalized spacial score (nSPS) is 11.3. The van der Waals surface area contributed by atoms with Crippen LogP contribution in [0.2, 0.25) is 0 Å². The molecule has 0 aliphatic carbocycles. The number of thiocarbonyl (C=S) groups is 1. The summed E-state index contributed by atoms with van der Waals surface area (Å²) >= 11 is 4.95. The minimum atomic E-state index is -0.0624. The molecule has 0 aliphatic heterocycles. The molecule has 0 unspecified atom stereocenters. The van der Waals surface area contributed by atoms with Gasteiger partial charge in [-0.3, -0.25) is 0 Å². The number of nitrogens with zero attached hydrogens (tertiary/aromatic N) is 1. The Morgan fingerprint density at radius 1 is 1.58 bits per heavy atom. The molecule has 0 atom stereocenters. The molecule has 12 heavy (non-hydrogen) atoms. The van der Waals surface area contributed by atoms with Crippen molar-refractivity contribution in [3.05, 3.63) is 12.0 Å². The summed E-state index contributed by atoms with van der Waals surface area (Å²) in [6.07, 6.45) is 1.66. The molecule has 3 nitrogen and oxygen atoms in total. The maximum Gasteiger partial charge on any atom is 0.146 e. The van der Waals surface area contributed by atoms with Gasteiger partial charge in [-0.2, -0.15) is 0 Å². The average Bonchev–Trinajstić information content (AvgIpc) is 2.03. The lowest BCUT2D eigenvalue weighted by atomic mass is 10.4. The summed E-state index contributed by atoms with van der Waals surface area (Å²) in [5, 5.41) is 17.5. The molecule has 4 heteroatoms. The fraction of sp³-hybridized carbons (Fsp3) is 0.625. The van der Waals surface area contributed by atoms with E-state index in [1.165, 1.54) is 0 Å². The number of hydrogen-bond acceptors (Lipinski definition) is 3. The van der Waals surface area contributed by atoms with Crippen LogP contribution in [0.5, 0.6) is 0 Å². The van der Waals surface area contributed by atoms with Gasteiger partial charge in [-0.05, 0) is 13.3 Å². The largest absolute Gasteiger partial charge is 0.512 e. The predicted molar refractivity (Wildman–Crippen MR) is 53.5 cm³/mol. The van der Waals surface area contributed by atoms with Crippen molar-refractivity contribution in [2.45, 2.75) is 20.3 Å². The number of aliphatic hydroxyl groups excluding tert-OH is 2. The lowest BCUT2D eigenvalue weighted by Crippen LogP contribution is -2.30. The number of hydrogen-bond donors (Lipinski definition) is 2. The van der Waals surface area contributed by atoms with Crippen LogP contribution in [-0.4, -0.2) is 33.2 Å². The molecule has 0 aromatic heterocycles. The van der Waals surface area contributed by atoms with Gasteiger partial charge in [0.05, 0.1) is 11.5 Å². The molecule has 0 radical (unpaired) electrons. The molecule has 0 aromatic rings. The van der Waals surface area contributed by atoms with E-state index in [2.05, 4.69) is 0 Å². The third kappa shape index (κ3) is 4.18. The SMILES string of the molecule is CCCN(CC(O)=CO)C(C)=S. The van der Waals surface area contributed by atoms with E-state index in [-0.39, 0.29) is 5.76 Å². The van der Waals surface area contributed by atoms with Crippen LogP contribution < -0.4 is 0 Å². The highest BCUT2D eigenvalue weighted by Gasteiger charge is 2.05. The molecule has 0 fully saturated rings. The first kappa shape index (κ1) is 11.2. The summed E-state index contributed by atoms with van der Waals surface area (Å²) in [6, 6.07) is 0. The lowest BCUT2D eigenvalue weighted by Gasteiger charge is -2.21. The second kappa shape index (κ2) is 5.83. The van der Waals surface area contributed by atoms with Gasteiger partial charge in [-0.1, -0.05) is 19.1 Å². The van der Waals surface area contributed by atoms with Crippen LogP contribution in [0.3, 0.4) is 0 Å². The molecule has 0 saturated heterocycles. The van der Waals surface area contributed by atoms with Crippen molar-refractivity contribution >= 4 is 17.2 Å². The van der Waals surface area contributed by atoms with Crippen LogP contribution in [0.25, 0.3) is 0 Å². The predicted octanol–water partition coefficient (Wildman–Crippen LogP) is 2.00. The maximum atomic E-state index is 9.01. The van der Waals surface area contributed by atoms with Crippen LogP contribution in [0.4, 0.5) is 0 Å². The van der Waals surface area contributed by atoms with E-state index in [9.17, 15) is 0 Å².